The molecule has 5 rings (SSSR count). The monoisotopic (exact) mass is 414 g/mol. The zero-order valence-corrected chi connectivity index (χ0v) is 17.1. The van der Waals surface area contributed by atoms with E-state index in [1.807, 2.05) is 11.8 Å². The maximum absolute atomic E-state index is 14.1. The minimum Gasteiger partial charge on any atom is -0.381 e. The fraction of sp³-hybridized carbons (Fsp3) is 0.429. The summed E-state index contributed by atoms with van der Waals surface area (Å²) in [6.07, 6.45) is 1.82. The second kappa shape index (κ2) is 7.42. The molecule has 2 N–H and O–H groups in total. The normalized spacial score (nSPS) is 19.0. The van der Waals surface area contributed by atoms with Crippen LogP contribution < -0.4 is 5.32 Å². The largest absolute Gasteiger partial charge is 0.381 e. The van der Waals surface area contributed by atoms with Crippen LogP contribution in [0.4, 0.5) is 9.52 Å². The van der Waals surface area contributed by atoms with Crippen molar-refractivity contribution in [3.05, 3.63) is 45.8 Å². The second-order valence-electron chi connectivity index (χ2n) is 7.81. The molecule has 1 atom stereocenters. The molecule has 0 radical (unpaired) electrons. The van der Waals surface area contributed by atoms with Crippen molar-refractivity contribution in [3.63, 3.8) is 0 Å². The molecule has 0 saturated carbocycles. The Hall–Kier alpha value is -2.45. The van der Waals surface area contributed by atoms with Crippen LogP contribution in [0, 0.1) is 18.7 Å². The van der Waals surface area contributed by atoms with Crippen molar-refractivity contribution in [2.24, 2.45) is 5.92 Å². The Bertz CT molecular complexity index is 1030. The van der Waals surface area contributed by atoms with Crippen LogP contribution in [0.3, 0.4) is 0 Å². The number of aryl methyl sites for hydroxylation is 1. The molecule has 8 heteroatoms. The van der Waals surface area contributed by atoms with Gasteiger partial charge in [-0.1, -0.05) is 17.4 Å². The molecule has 1 saturated heterocycles. The Morgan fingerprint density at radius 3 is 3.17 bits per heavy atom. The van der Waals surface area contributed by atoms with Crippen LogP contribution in [-0.2, 0) is 17.7 Å². The maximum Gasteiger partial charge on any atom is 0.270 e. The molecule has 1 amide bonds. The van der Waals surface area contributed by atoms with E-state index in [0.717, 1.165) is 59.3 Å². The van der Waals surface area contributed by atoms with Gasteiger partial charge in [0.15, 0.2) is 5.13 Å². The number of benzene rings is 1. The highest BCUT2D eigenvalue weighted by Crippen LogP contribution is 2.30. The van der Waals surface area contributed by atoms with Gasteiger partial charge >= 0.3 is 0 Å². The number of fused-ring (bicyclic) bond motifs is 2. The standard InChI is InChI=1S/C21H23FN4O2S/c1-12-2-3-15(22)19-14(12)8-17(24-19)20(27)26-6-4-16-18(10-26)29-21(25-16)23-9-13-5-7-28-11-13/h2-3,8,13,24H,4-7,9-11H2,1H3,(H,23,25). The van der Waals surface area contributed by atoms with Crippen molar-refractivity contribution in [3.8, 4) is 0 Å². The number of amides is 1. The SMILES string of the molecule is Cc1ccc(F)c2[nH]c(C(=O)N3CCc4nc(NCC5CCOC5)sc4C3)cc12. The van der Waals surface area contributed by atoms with Gasteiger partial charge in [0.05, 0.1) is 24.4 Å². The second-order valence-corrected chi connectivity index (χ2v) is 8.90. The number of hydrogen-bond acceptors (Lipinski definition) is 5. The van der Waals surface area contributed by atoms with Gasteiger partial charge in [-0.25, -0.2) is 9.37 Å². The predicted octanol–water partition coefficient (Wildman–Crippen LogP) is 3.72. The molecule has 6 nitrogen and oxygen atoms in total. The van der Waals surface area contributed by atoms with Crippen LogP contribution in [0.5, 0.6) is 0 Å². The highest BCUT2D eigenvalue weighted by atomic mass is 32.1. The average Bonchev–Trinajstić information content (AvgIpc) is 3.47. The topological polar surface area (TPSA) is 70.2 Å². The van der Waals surface area contributed by atoms with E-state index in [1.54, 1.807) is 23.5 Å². The smallest absolute Gasteiger partial charge is 0.270 e. The van der Waals surface area contributed by atoms with Gasteiger partial charge in [-0.3, -0.25) is 4.79 Å². The van der Waals surface area contributed by atoms with E-state index >= 15 is 0 Å². The Morgan fingerprint density at radius 1 is 1.48 bits per heavy atom. The highest BCUT2D eigenvalue weighted by molar-refractivity contribution is 7.15. The van der Waals surface area contributed by atoms with Crippen molar-refractivity contribution >= 4 is 33.3 Å². The Kier molecular flexibility index (Phi) is 4.75. The number of H-pyrrole nitrogens is 1. The lowest BCUT2D eigenvalue weighted by atomic mass is 10.1. The first-order chi connectivity index (χ1) is 14.1. The molecule has 3 aromatic rings. The Labute approximate surface area is 172 Å². The average molecular weight is 415 g/mol. The number of hydrogen-bond donors (Lipinski definition) is 2. The van der Waals surface area contributed by atoms with Crippen molar-refractivity contribution in [1.29, 1.82) is 0 Å². The molecule has 2 aliphatic heterocycles. The molecule has 2 aromatic heterocycles. The molecule has 0 spiro atoms. The van der Waals surface area contributed by atoms with Crippen LogP contribution in [0.15, 0.2) is 18.2 Å². The maximum atomic E-state index is 14.1. The summed E-state index contributed by atoms with van der Waals surface area (Å²) in [6.45, 7) is 5.59. The molecular weight excluding hydrogens is 391 g/mol. The Balaban J connectivity index is 1.30. The number of ether oxygens (including phenoxy) is 1. The summed E-state index contributed by atoms with van der Waals surface area (Å²) in [5, 5.41) is 5.10. The van der Waals surface area contributed by atoms with Gasteiger partial charge in [0.25, 0.3) is 5.91 Å². The lowest BCUT2D eigenvalue weighted by Crippen LogP contribution is -2.35. The van der Waals surface area contributed by atoms with Gasteiger partial charge < -0.3 is 19.9 Å². The number of nitrogens with zero attached hydrogens (tertiary/aromatic N) is 2. The summed E-state index contributed by atoms with van der Waals surface area (Å²) in [5.41, 5.74) is 2.85. The molecule has 29 heavy (non-hydrogen) atoms. The van der Waals surface area contributed by atoms with Crippen LogP contribution in [-0.4, -0.2) is 47.1 Å². The summed E-state index contributed by atoms with van der Waals surface area (Å²) >= 11 is 1.62. The highest BCUT2D eigenvalue weighted by Gasteiger charge is 2.26. The molecule has 1 fully saturated rings. The van der Waals surface area contributed by atoms with Gasteiger partial charge in [0, 0.05) is 42.3 Å². The molecular formula is C21H23FN4O2S. The molecule has 152 valence electrons. The predicted molar refractivity (Wildman–Crippen MR) is 111 cm³/mol. The van der Waals surface area contributed by atoms with Gasteiger partial charge in [-0.15, -0.1) is 0 Å². The van der Waals surface area contributed by atoms with E-state index in [2.05, 4.69) is 10.3 Å². The van der Waals surface area contributed by atoms with Crippen LogP contribution in [0.1, 0.15) is 33.0 Å². The minimum atomic E-state index is -0.337. The third kappa shape index (κ3) is 3.51. The zero-order chi connectivity index (χ0) is 20.0. The minimum absolute atomic E-state index is 0.100. The van der Waals surface area contributed by atoms with E-state index < -0.39 is 0 Å². The van der Waals surface area contributed by atoms with Gasteiger partial charge in [0.1, 0.15) is 11.5 Å². The number of aromatic amines is 1. The van der Waals surface area contributed by atoms with Gasteiger partial charge in [-0.2, -0.15) is 0 Å². The summed E-state index contributed by atoms with van der Waals surface area (Å²) < 4.78 is 19.5. The molecule has 0 bridgehead atoms. The van der Waals surface area contributed by atoms with E-state index in [0.29, 0.717) is 30.2 Å². The van der Waals surface area contributed by atoms with Gasteiger partial charge in [-0.05, 0) is 31.0 Å². The fourth-order valence-electron chi connectivity index (χ4n) is 4.03. The number of anilines is 1. The van der Waals surface area contributed by atoms with Crippen LogP contribution >= 0.6 is 11.3 Å². The first-order valence-corrected chi connectivity index (χ1v) is 10.8. The fourth-order valence-corrected chi connectivity index (χ4v) is 5.06. The molecule has 2 aliphatic rings. The van der Waals surface area contributed by atoms with E-state index in [9.17, 15) is 9.18 Å². The third-order valence-corrected chi connectivity index (χ3v) is 6.82. The number of rotatable bonds is 4. The summed E-state index contributed by atoms with van der Waals surface area (Å²) in [6, 6.07) is 4.92. The first-order valence-electron chi connectivity index (χ1n) is 9.96. The number of aromatic nitrogens is 2. The van der Waals surface area contributed by atoms with Gasteiger partial charge in [0.2, 0.25) is 0 Å². The van der Waals surface area contributed by atoms with Crippen molar-refractivity contribution in [2.75, 3.05) is 31.6 Å². The van der Waals surface area contributed by atoms with Crippen molar-refractivity contribution < 1.29 is 13.9 Å². The lowest BCUT2D eigenvalue weighted by Gasteiger charge is -2.25. The van der Waals surface area contributed by atoms with E-state index in [4.69, 9.17) is 9.72 Å². The third-order valence-electron chi connectivity index (χ3n) is 5.78. The number of halogens is 1. The Morgan fingerprint density at radius 2 is 2.38 bits per heavy atom. The molecule has 4 heterocycles. The first kappa shape index (κ1) is 18.6. The number of thiazole rings is 1. The lowest BCUT2D eigenvalue weighted by molar-refractivity contribution is 0.0731. The number of carbonyl (C=O) groups excluding carboxylic acids is 1. The van der Waals surface area contributed by atoms with Crippen molar-refractivity contribution in [1.82, 2.24) is 14.9 Å². The number of nitrogens with one attached hydrogen (secondary N) is 2. The molecule has 0 aliphatic carbocycles. The van der Waals surface area contributed by atoms with E-state index in [-0.39, 0.29) is 11.7 Å². The summed E-state index contributed by atoms with van der Waals surface area (Å²) in [4.78, 5) is 23.7. The quantitative estimate of drug-likeness (QED) is 0.683. The van der Waals surface area contributed by atoms with Crippen LogP contribution in [0.2, 0.25) is 0 Å². The molecule has 1 unspecified atom stereocenters. The number of carbonyl (C=O) groups is 1. The van der Waals surface area contributed by atoms with Crippen LogP contribution in [0.25, 0.3) is 10.9 Å². The van der Waals surface area contributed by atoms with E-state index in [1.165, 1.54) is 6.07 Å². The summed E-state index contributed by atoms with van der Waals surface area (Å²) in [7, 11) is 0. The molecule has 1 aromatic carbocycles. The summed E-state index contributed by atoms with van der Waals surface area (Å²) in [5.74, 6) is 0.105. The van der Waals surface area contributed by atoms with Crippen molar-refractivity contribution in [2.45, 2.75) is 26.3 Å². The zero-order valence-electron chi connectivity index (χ0n) is 16.3.